The van der Waals surface area contributed by atoms with Gasteiger partial charge >= 0.3 is 6.03 Å². The Kier molecular flexibility index (Phi) is 12.1. The van der Waals surface area contributed by atoms with Gasteiger partial charge in [0.2, 0.25) is 0 Å². The first-order valence-electron chi connectivity index (χ1n) is 16.3. The molecule has 2 saturated carbocycles. The molecule has 2 amide bonds. The first kappa shape index (κ1) is 35.0. The van der Waals surface area contributed by atoms with Crippen LogP contribution in [-0.4, -0.2) is 86.8 Å². The Morgan fingerprint density at radius 2 is 1.74 bits per heavy atom. The molecule has 0 bridgehead atoms. The number of aromatic nitrogens is 1. The second-order valence-corrected chi connectivity index (χ2v) is 12.9. The Balaban J connectivity index is 1.09. The number of rotatable bonds is 18. The van der Waals surface area contributed by atoms with Crippen molar-refractivity contribution in [1.29, 1.82) is 0 Å². The van der Waals surface area contributed by atoms with Gasteiger partial charge in [-0.05, 0) is 85.4 Å². The van der Waals surface area contributed by atoms with Gasteiger partial charge in [-0.25, -0.2) is 4.79 Å². The third-order valence-electron chi connectivity index (χ3n) is 8.78. The summed E-state index contributed by atoms with van der Waals surface area (Å²) < 4.78 is 6.24. The van der Waals surface area contributed by atoms with E-state index < -0.39 is 37.1 Å². The molecule has 1 heterocycles. The van der Waals surface area contributed by atoms with Gasteiger partial charge in [0.25, 0.3) is 0 Å². The highest BCUT2D eigenvalue weighted by Crippen LogP contribution is 2.50. The van der Waals surface area contributed by atoms with E-state index in [1.54, 1.807) is 0 Å². The Morgan fingerprint density at radius 3 is 2.49 bits per heavy atom. The number of hydrogen-bond donors (Lipinski definition) is 8. The number of aliphatic hydroxyl groups excluding tert-OH is 5. The second kappa shape index (κ2) is 16.2. The Labute approximate surface area is 280 Å². The van der Waals surface area contributed by atoms with E-state index in [9.17, 15) is 25.2 Å². The summed E-state index contributed by atoms with van der Waals surface area (Å²) in [4.78, 5) is 16.6. The Morgan fingerprint density at radius 1 is 0.979 bits per heavy atom. The number of aryl methyl sites for hydroxylation is 1. The van der Waals surface area contributed by atoms with Gasteiger partial charge in [0.1, 0.15) is 24.1 Å². The molecule has 0 saturated heterocycles. The van der Waals surface area contributed by atoms with E-state index >= 15 is 0 Å². The number of pyridine rings is 1. The van der Waals surface area contributed by atoms with Crippen molar-refractivity contribution in [2.24, 2.45) is 0 Å². The van der Waals surface area contributed by atoms with Crippen LogP contribution in [0.5, 0.6) is 5.75 Å². The maximum absolute atomic E-state index is 12.1. The van der Waals surface area contributed by atoms with Crippen LogP contribution in [0.15, 0.2) is 60.9 Å². The molecule has 8 N–H and O–H groups in total. The van der Waals surface area contributed by atoms with Crippen LogP contribution in [0, 0.1) is 0 Å². The summed E-state index contributed by atoms with van der Waals surface area (Å²) in [6, 6.07) is 15.8. The van der Waals surface area contributed by atoms with Crippen molar-refractivity contribution >= 4 is 17.6 Å². The predicted molar refractivity (Wildman–Crippen MR) is 178 cm³/mol. The molecule has 0 spiro atoms. The number of ether oxygens (including phenoxy) is 1. The van der Waals surface area contributed by atoms with E-state index in [2.05, 4.69) is 39.1 Å². The predicted octanol–water partition coefficient (Wildman–Crippen LogP) is 2.78. The van der Waals surface area contributed by atoms with Crippen molar-refractivity contribution < 1.29 is 35.1 Å². The highest BCUT2D eigenvalue weighted by molar-refractivity contribution is 6.31. The van der Waals surface area contributed by atoms with Gasteiger partial charge in [0.05, 0.1) is 18.8 Å². The van der Waals surface area contributed by atoms with E-state index in [1.807, 2.05) is 42.7 Å². The van der Waals surface area contributed by atoms with Crippen molar-refractivity contribution in [3.05, 3.63) is 82.6 Å². The summed E-state index contributed by atoms with van der Waals surface area (Å²) in [6.07, 6.45) is 4.08. The number of carbonyl (C=O) groups excluding carboxylic acids is 1. The van der Waals surface area contributed by atoms with Gasteiger partial charge in [-0.3, -0.25) is 4.98 Å². The fraction of sp³-hybridized carbons (Fsp3) is 0.486. The Hall–Kier alpha value is -3.29. The number of para-hydroxylation sites is 1. The zero-order chi connectivity index (χ0) is 33.4. The molecule has 1 aromatic heterocycles. The number of unbranched alkanes of at least 4 members (excludes halogenated alkanes) is 1. The van der Waals surface area contributed by atoms with Crippen LogP contribution in [0.4, 0.5) is 4.79 Å². The zero-order valence-electron chi connectivity index (χ0n) is 26.3. The van der Waals surface area contributed by atoms with Crippen molar-refractivity contribution in [3.63, 3.8) is 0 Å². The minimum atomic E-state index is -1.74. The highest BCUT2D eigenvalue weighted by Gasteiger charge is 2.46. The largest absolute Gasteiger partial charge is 0.490 e. The number of urea groups is 1. The molecule has 2 aliphatic carbocycles. The third kappa shape index (κ3) is 9.41. The van der Waals surface area contributed by atoms with Crippen LogP contribution in [0.25, 0.3) is 11.1 Å². The lowest BCUT2D eigenvalue weighted by molar-refractivity contribution is -0.113. The molecule has 3 aromatic rings. The molecule has 4 atom stereocenters. The van der Waals surface area contributed by atoms with Gasteiger partial charge in [-0.15, -0.1) is 0 Å². The zero-order valence-corrected chi connectivity index (χ0v) is 27.1. The topological polar surface area (TPSA) is 176 Å². The first-order chi connectivity index (χ1) is 22.7. The average molecular weight is 669 g/mol. The van der Waals surface area contributed by atoms with Gasteiger partial charge in [-0.2, -0.15) is 0 Å². The average Bonchev–Trinajstić information content (AvgIpc) is 4.04. The highest BCUT2D eigenvalue weighted by atomic mass is 35.5. The van der Waals surface area contributed by atoms with E-state index in [4.69, 9.17) is 21.4 Å². The van der Waals surface area contributed by atoms with Crippen molar-refractivity contribution in [1.82, 2.24) is 20.9 Å². The molecule has 2 aliphatic rings. The number of halogens is 1. The van der Waals surface area contributed by atoms with E-state index in [0.29, 0.717) is 24.2 Å². The summed E-state index contributed by atoms with van der Waals surface area (Å²) in [5, 5.41) is 57.3. The van der Waals surface area contributed by atoms with Crippen LogP contribution in [0.2, 0.25) is 5.02 Å². The Bertz CT molecular complexity index is 1490. The standard InChI is InChI=1S/C35H45ClN4O7/c36-28-11-8-22(5-3-4-15-38-34(46)39-20-29(42)32(44)33(45)30(43)21-41)17-23(28)18-40-35(13-14-35)27-19-37-16-12-25(27)26-6-1-2-7-31(26)47-24-9-10-24/h1-2,6-8,11-12,16-17,19,24,29-30,32-33,40-45H,3-5,9-10,13-15,18,20-21H2,(H2,38,39,46)/t29-,30+,32+,33+/m0/s1. The summed E-state index contributed by atoms with van der Waals surface area (Å²) in [7, 11) is 0. The SMILES string of the molecule is O=C(NCCCCc1ccc(Cl)c(CNC2(c3cnccc3-c3ccccc3OC3CC3)CC2)c1)NC[C@H](O)[C@@H](O)[C@H](O)[C@H](O)CO. The summed E-state index contributed by atoms with van der Waals surface area (Å²) >= 11 is 6.63. The normalized spacial score (nSPS) is 17.7. The molecule has 12 heteroatoms. The van der Waals surface area contributed by atoms with Crippen LogP contribution in [0.3, 0.4) is 0 Å². The molecule has 0 unspecified atom stereocenters. The number of benzene rings is 2. The maximum atomic E-state index is 12.1. The lowest BCUT2D eigenvalue weighted by Crippen LogP contribution is -2.50. The smallest absolute Gasteiger partial charge is 0.314 e. The molecule has 5 rings (SSSR count). The molecule has 2 fully saturated rings. The summed E-state index contributed by atoms with van der Waals surface area (Å²) in [5.41, 5.74) is 5.37. The van der Waals surface area contributed by atoms with Gasteiger partial charge in [-0.1, -0.05) is 41.9 Å². The molecule has 0 radical (unpaired) electrons. The lowest BCUT2D eigenvalue weighted by Gasteiger charge is -2.25. The summed E-state index contributed by atoms with van der Waals surface area (Å²) in [5.74, 6) is 0.913. The number of amides is 2. The third-order valence-corrected chi connectivity index (χ3v) is 9.15. The summed E-state index contributed by atoms with van der Waals surface area (Å²) in [6.45, 7) is -0.0920. The van der Waals surface area contributed by atoms with Gasteiger partial charge in [0, 0.05) is 48.2 Å². The molecule has 11 nitrogen and oxygen atoms in total. The number of hydrogen-bond acceptors (Lipinski definition) is 9. The minimum absolute atomic E-state index is 0.184. The first-order valence-corrected chi connectivity index (χ1v) is 16.7. The molecule has 47 heavy (non-hydrogen) atoms. The molecule has 0 aliphatic heterocycles. The molecular weight excluding hydrogens is 624 g/mol. The fourth-order valence-electron chi connectivity index (χ4n) is 5.62. The van der Waals surface area contributed by atoms with E-state index in [1.165, 1.54) is 5.56 Å². The van der Waals surface area contributed by atoms with Crippen LogP contribution in [0.1, 0.15) is 55.2 Å². The van der Waals surface area contributed by atoms with Gasteiger partial charge < -0.3 is 46.2 Å². The number of nitrogens with zero attached hydrogens (tertiary/aromatic N) is 1. The maximum Gasteiger partial charge on any atom is 0.314 e. The number of carbonyl (C=O) groups is 1. The quantitative estimate of drug-likeness (QED) is 0.0948. The van der Waals surface area contributed by atoms with Crippen LogP contribution in [-0.2, 0) is 18.5 Å². The fourth-order valence-corrected chi connectivity index (χ4v) is 5.80. The van der Waals surface area contributed by atoms with Crippen LogP contribution >= 0.6 is 11.6 Å². The van der Waals surface area contributed by atoms with Gasteiger partial charge in [0.15, 0.2) is 0 Å². The van der Waals surface area contributed by atoms with E-state index in [0.717, 1.165) is 72.9 Å². The molecule has 254 valence electrons. The minimum Gasteiger partial charge on any atom is -0.490 e. The molecule has 2 aromatic carbocycles. The second-order valence-electron chi connectivity index (χ2n) is 12.5. The molecular formula is C35H45ClN4O7. The van der Waals surface area contributed by atoms with Crippen molar-refractivity contribution in [2.45, 2.75) is 87.5 Å². The van der Waals surface area contributed by atoms with Crippen molar-refractivity contribution in [2.75, 3.05) is 19.7 Å². The number of nitrogens with one attached hydrogen (secondary N) is 3. The number of aliphatic hydroxyl groups is 5. The van der Waals surface area contributed by atoms with Crippen LogP contribution < -0.4 is 20.7 Å². The van der Waals surface area contributed by atoms with Crippen molar-refractivity contribution in [3.8, 4) is 16.9 Å². The van der Waals surface area contributed by atoms with E-state index in [-0.39, 0.29) is 12.1 Å². The monoisotopic (exact) mass is 668 g/mol. The lowest BCUT2D eigenvalue weighted by atomic mass is 9.94.